The van der Waals surface area contributed by atoms with Crippen molar-refractivity contribution >= 4 is 21.9 Å². The van der Waals surface area contributed by atoms with Crippen molar-refractivity contribution in [3.05, 3.63) is 18.2 Å². The van der Waals surface area contributed by atoms with Crippen molar-refractivity contribution in [2.75, 3.05) is 73.1 Å². The number of carbonyl (C=O) groups excluding carboxylic acids is 1. The van der Waals surface area contributed by atoms with Crippen molar-refractivity contribution in [1.29, 1.82) is 0 Å². The number of carboxylic acid groups (broad SMARTS) is 1. The van der Waals surface area contributed by atoms with Crippen molar-refractivity contribution < 1.29 is 45.8 Å². The molecule has 2 saturated heterocycles. The smallest absolute Gasteiger partial charge is 0.490 e. The van der Waals surface area contributed by atoms with Crippen LogP contribution in [0.3, 0.4) is 0 Å². The molecule has 2 fully saturated rings. The second-order valence-corrected chi connectivity index (χ2v) is 10.9. The lowest BCUT2D eigenvalue weighted by atomic mass is 10.3. The van der Waals surface area contributed by atoms with E-state index in [1.807, 2.05) is 4.90 Å². The van der Waals surface area contributed by atoms with Crippen LogP contribution in [0, 0.1) is 0 Å². The molecule has 2 N–H and O–H groups in total. The number of rotatable bonds is 11. The van der Waals surface area contributed by atoms with Gasteiger partial charge < -0.3 is 29.7 Å². The standard InChI is InChI=1S/C22H36N4O5S.C2HF3O2/c1-30-20-7-6-19(18-21(20)31-2)32(28,29)26(14-5-13-24-11-3-4-12-24)15-8-22(27)25-16-9-23-10-17-25;3-2(4,5)1(6)7/h6-7,18,23H,3-5,8-17H2,1-2H3;(H,6,7). The Hall–Kier alpha value is -2.62. The van der Waals surface area contributed by atoms with Crippen LogP contribution in [0.25, 0.3) is 0 Å². The van der Waals surface area contributed by atoms with Gasteiger partial charge in [-0.3, -0.25) is 4.79 Å². The third kappa shape index (κ3) is 10.1. The van der Waals surface area contributed by atoms with E-state index < -0.39 is 22.2 Å². The quantitative estimate of drug-likeness (QED) is 0.400. The lowest BCUT2D eigenvalue weighted by molar-refractivity contribution is -0.192. The highest BCUT2D eigenvalue weighted by atomic mass is 32.2. The van der Waals surface area contributed by atoms with E-state index in [1.54, 1.807) is 6.07 Å². The highest BCUT2D eigenvalue weighted by molar-refractivity contribution is 7.89. The van der Waals surface area contributed by atoms with Gasteiger partial charge in [0, 0.05) is 51.8 Å². The second-order valence-electron chi connectivity index (χ2n) is 9.01. The predicted molar refractivity (Wildman–Crippen MR) is 136 cm³/mol. The molecule has 0 aromatic heterocycles. The first-order valence-electron chi connectivity index (χ1n) is 12.6. The number of ether oxygens (including phenoxy) is 2. The number of piperazine rings is 1. The van der Waals surface area contributed by atoms with E-state index in [0.717, 1.165) is 39.1 Å². The van der Waals surface area contributed by atoms with Crippen molar-refractivity contribution in [3.8, 4) is 11.5 Å². The number of nitrogens with zero attached hydrogens (tertiary/aromatic N) is 3. The molecular weight excluding hydrogens is 545 g/mol. The van der Waals surface area contributed by atoms with Gasteiger partial charge in [-0.25, -0.2) is 13.2 Å². The van der Waals surface area contributed by atoms with Crippen LogP contribution in [0.4, 0.5) is 13.2 Å². The molecule has 0 aliphatic carbocycles. The van der Waals surface area contributed by atoms with E-state index in [0.29, 0.717) is 31.1 Å². The molecule has 39 heavy (non-hydrogen) atoms. The van der Waals surface area contributed by atoms with Crippen LogP contribution in [0.2, 0.25) is 0 Å². The lowest BCUT2D eigenvalue weighted by Crippen LogP contribution is -2.47. The number of benzene rings is 1. The molecule has 0 bridgehead atoms. The molecule has 1 amide bonds. The van der Waals surface area contributed by atoms with E-state index in [9.17, 15) is 26.4 Å². The number of nitrogens with one attached hydrogen (secondary N) is 1. The van der Waals surface area contributed by atoms with Crippen molar-refractivity contribution in [2.45, 2.75) is 36.8 Å². The number of aliphatic carboxylic acids is 1. The van der Waals surface area contributed by atoms with Gasteiger partial charge in [-0.15, -0.1) is 0 Å². The van der Waals surface area contributed by atoms with Gasteiger partial charge in [-0.05, 0) is 51.0 Å². The fourth-order valence-corrected chi connectivity index (χ4v) is 5.74. The topological polar surface area (TPSA) is 129 Å². The number of carbonyl (C=O) groups is 2. The van der Waals surface area contributed by atoms with Gasteiger partial charge in [0.1, 0.15) is 0 Å². The van der Waals surface area contributed by atoms with Gasteiger partial charge in [0.2, 0.25) is 15.9 Å². The normalized spacial score (nSPS) is 16.5. The molecule has 0 radical (unpaired) electrons. The maximum Gasteiger partial charge on any atom is 0.490 e. The van der Waals surface area contributed by atoms with Crippen LogP contribution < -0.4 is 14.8 Å². The molecule has 2 aliphatic rings. The monoisotopic (exact) mass is 582 g/mol. The summed E-state index contributed by atoms with van der Waals surface area (Å²) in [4.78, 5) is 25.9. The second kappa shape index (κ2) is 15.2. The zero-order chi connectivity index (χ0) is 29.1. The third-order valence-electron chi connectivity index (χ3n) is 6.36. The van der Waals surface area contributed by atoms with Gasteiger partial charge in [0.05, 0.1) is 19.1 Å². The highest BCUT2D eigenvalue weighted by Crippen LogP contribution is 2.31. The largest absolute Gasteiger partial charge is 0.493 e. The molecule has 0 unspecified atom stereocenters. The van der Waals surface area contributed by atoms with Crippen LogP contribution in [-0.2, 0) is 19.6 Å². The number of hydrogen-bond acceptors (Lipinski definition) is 8. The molecule has 3 rings (SSSR count). The van der Waals surface area contributed by atoms with Crippen LogP contribution >= 0.6 is 0 Å². The Labute approximate surface area is 226 Å². The van der Waals surface area contributed by atoms with Crippen LogP contribution in [0.15, 0.2) is 23.1 Å². The Balaban J connectivity index is 0.000000673. The van der Waals surface area contributed by atoms with Gasteiger partial charge in [-0.2, -0.15) is 17.5 Å². The Morgan fingerprint density at radius 1 is 1.03 bits per heavy atom. The fourth-order valence-electron chi connectivity index (χ4n) is 4.25. The Morgan fingerprint density at radius 2 is 1.62 bits per heavy atom. The number of methoxy groups -OCH3 is 2. The number of likely N-dealkylation sites (tertiary alicyclic amines) is 1. The molecule has 0 spiro atoms. The first kappa shape index (κ1) is 32.6. The number of sulfonamides is 1. The minimum atomic E-state index is -5.08. The summed E-state index contributed by atoms with van der Waals surface area (Å²) in [5, 5.41) is 10.4. The van der Waals surface area contributed by atoms with Gasteiger partial charge >= 0.3 is 12.1 Å². The summed E-state index contributed by atoms with van der Waals surface area (Å²) in [5.74, 6) is -1.92. The van der Waals surface area contributed by atoms with Crippen LogP contribution in [0.1, 0.15) is 25.7 Å². The van der Waals surface area contributed by atoms with Crippen molar-refractivity contribution in [1.82, 2.24) is 19.4 Å². The summed E-state index contributed by atoms with van der Waals surface area (Å²) in [7, 11) is -0.792. The maximum absolute atomic E-state index is 13.5. The van der Waals surface area contributed by atoms with E-state index in [1.165, 1.54) is 43.5 Å². The molecule has 15 heteroatoms. The number of hydrogen-bond donors (Lipinski definition) is 2. The average molecular weight is 583 g/mol. The Morgan fingerprint density at radius 3 is 2.15 bits per heavy atom. The zero-order valence-corrected chi connectivity index (χ0v) is 23.0. The summed E-state index contributed by atoms with van der Waals surface area (Å²) in [6.07, 6.45) is -1.77. The number of carboxylic acids is 1. The summed E-state index contributed by atoms with van der Waals surface area (Å²) >= 11 is 0. The fraction of sp³-hybridized carbons (Fsp3) is 0.667. The minimum absolute atomic E-state index is 0.00134. The summed E-state index contributed by atoms with van der Waals surface area (Å²) in [6.45, 7) is 6.43. The van der Waals surface area contributed by atoms with E-state index in [2.05, 4.69) is 10.2 Å². The molecule has 0 saturated carbocycles. The molecule has 11 nitrogen and oxygen atoms in total. The molecule has 222 valence electrons. The van der Waals surface area contributed by atoms with Crippen LogP contribution in [-0.4, -0.2) is 119 Å². The van der Waals surface area contributed by atoms with Gasteiger partial charge in [0.25, 0.3) is 0 Å². The first-order valence-corrected chi connectivity index (χ1v) is 14.1. The SMILES string of the molecule is COc1ccc(S(=O)(=O)N(CCCN2CCCC2)CCC(=O)N2CCNCC2)cc1OC.O=C(O)C(F)(F)F. The number of alkyl halides is 3. The van der Waals surface area contributed by atoms with Gasteiger partial charge in [-0.1, -0.05) is 0 Å². The molecular formula is C24H37F3N4O7S. The lowest BCUT2D eigenvalue weighted by Gasteiger charge is -2.29. The van der Waals surface area contributed by atoms with Crippen molar-refractivity contribution in [3.63, 3.8) is 0 Å². The number of halogens is 3. The van der Waals surface area contributed by atoms with E-state index in [-0.39, 0.29) is 23.8 Å². The Kier molecular flexibility index (Phi) is 12.7. The molecule has 1 aromatic rings. The summed E-state index contributed by atoms with van der Waals surface area (Å²) < 4.78 is 70.7. The minimum Gasteiger partial charge on any atom is -0.493 e. The maximum atomic E-state index is 13.5. The van der Waals surface area contributed by atoms with Crippen molar-refractivity contribution in [2.24, 2.45) is 0 Å². The molecule has 0 atom stereocenters. The predicted octanol–water partition coefficient (Wildman–Crippen LogP) is 1.64. The van der Waals surface area contributed by atoms with E-state index >= 15 is 0 Å². The highest BCUT2D eigenvalue weighted by Gasteiger charge is 2.38. The molecule has 2 heterocycles. The first-order chi connectivity index (χ1) is 18.4. The summed E-state index contributed by atoms with van der Waals surface area (Å²) in [5.41, 5.74) is 0. The molecule has 1 aromatic carbocycles. The number of amides is 1. The average Bonchev–Trinajstić information content (AvgIpc) is 3.43. The van der Waals surface area contributed by atoms with E-state index in [4.69, 9.17) is 19.4 Å². The third-order valence-corrected chi connectivity index (χ3v) is 8.26. The molecule has 2 aliphatic heterocycles. The Bertz CT molecular complexity index is 1040. The zero-order valence-electron chi connectivity index (χ0n) is 22.2. The summed E-state index contributed by atoms with van der Waals surface area (Å²) in [6, 6.07) is 4.61. The van der Waals surface area contributed by atoms with Gasteiger partial charge in [0.15, 0.2) is 11.5 Å². The van der Waals surface area contributed by atoms with Crippen LogP contribution in [0.5, 0.6) is 11.5 Å².